The van der Waals surface area contributed by atoms with Crippen molar-refractivity contribution in [2.75, 3.05) is 6.26 Å². The van der Waals surface area contributed by atoms with Crippen molar-refractivity contribution in [3.05, 3.63) is 39.6 Å². The molecule has 3 atom stereocenters. The number of hydrogen-bond acceptors (Lipinski definition) is 6. The second-order valence-corrected chi connectivity index (χ2v) is 10.4. The van der Waals surface area contributed by atoms with E-state index < -0.39 is 20.6 Å². The SMILES string of the molecule is CCCC(C)(N=[N+]=[N-])c1cnc(O[C@H](C)C[C@@H](C)S(C)(=O)=O)c2cnc(Cl)cc12. The average molecular weight is 440 g/mol. The number of azide groups is 1. The van der Waals surface area contributed by atoms with Crippen LogP contribution in [0.1, 0.15) is 52.5 Å². The maximum atomic E-state index is 11.7. The largest absolute Gasteiger partial charge is 0.474 e. The molecule has 1 unspecified atom stereocenters. The molecule has 0 radical (unpaired) electrons. The lowest BCUT2D eigenvalue weighted by Gasteiger charge is -2.26. The second-order valence-electron chi connectivity index (χ2n) is 7.55. The molecule has 0 fully saturated rings. The quantitative estimate of drug-likeness (QED) is 0.230. The lowest BCUT2D eigenvalue weighted by Crippen LogP contribution is -2.25. The molecule has 2 heterocycles. The Morgan fingerprint density at radius 2 is 2.00 bits per heavy atom. The number of rotatable bonds is 9. The number of nitrogens with zero attached hydrogens (tertiary/aromatic N) is 5. The van der Waals surface area contributed by atoms with Crippen LogP contribution in [0.2, 0.25) is 5.15 Å². The third kappa shape index (κ3) is 5.50. The van der Waals surface area contributed by atoms with Crippen molar-refractivity contribution < 1.29 is 13.2 Å². The maximum Gasteiger partial charge on any atom is 0.223 e. The van der Waals surface area contributed by atoms with Crippen molar-refractivity contribution >= 4 is 32.2 Å². The van der Waals surface area contributed by atoms with Gasteiger partial charge in [-0.1, -0.05) is 30.1 Å². The van der Waals surface area contributed by atoms with Gasteiger partial charge >= 0.3 is 0 Å². The summed E-state index contributed by atoms with van der Waals surface area (Å²) in [6.45, 7) is 7.32. The van der Waals surface area contributed by atoms with Gasteiger partial charge in [-0.2, -0.15) is 0 Å². The van der Waals surface area contributed by atoms with E-state index in [2.05, 4.69) is 20.0 Å². The maximum absolute atomic E-state index is 11.7. The summed E-state index contributed by atoms with van der Waals surface area (Å²) in [5.74, 6) is 0.334. The minimum Gasteiger partial charge on any atom is -0.474 e. The number of sulfone groups is 1. The van der Waals surface area contributed by atoms with Gasteiger partial charge in [0.05, 0.1) is 22.3 Å². The van der Waals surface area contributed by atoms with Crippen molar-refractivity contribution in [3.63, 3.8) is 0 Å². The molecule has 0 N–H and O–H groups in total. The van der Waals surface area contributed by atoms with Crippen LogP contribution in [0.5, 0.6) is 5.88 Å². The predicted octanol–water partition coefficient (Wildman–Crippen LogP) is 5.20. The molecule has 8 nitrogen and oxygen atoms in total. The minimum absolute atomic E-state index is 0.300. The van der Waals surface area contributed by atoms with Gasteiger partial charge in [0.25, 0.3) is 0 Å². The van der Waals surface area contributed by atoms with Crippen LogP contribution in [-0.2, 0) is 15.4 Å². The van der Waals surface area contributed by atoms with E-state index in [0.29, 0.717) is 29.3 Å². The zero-order valence-corrected chi connectivity index (χ0v) is 18.8. The van der Waals surface area contributed by atoms with E-state index in [1.807, 2.05) is 13.8 Å². The fourth-order valence-corrected chi connectivity index (χ4v) is 4.09. The summed E-state index contributed by atoms with van der Waals surface area (Å²) >= 11 is 6.13. The Hall–Kier alpha value is -2.09. The van der Waals surface area contributed by atoms with Gasteiger partial charge in [-0.25, -0.2) is 18.4 Å². The van der Waals surface area contributed by atoms with Crippen LogP contribution in [-0.4, -0.2) is 36.0 Å². The fourth-order valence-electron chi connectivity index (χ4n) is 3.31. The highest BCUT2D eigenvalue weighted by molar-refractivity contribution is 7.91. The first-order valence-electron chi connectivity index (χ1n) is 9.38. The summed E-state index contributed by atoms with van der Waals surface area (Å²) in [6, 6.07) is 1.70. The molecule has 0 saturated heterocycles. The van der Waals surface area contributed by atoms with Crippen LogP contribution >= 0.6 is 11.6 Å². The molecule has 0 bridgehead atoms. The molecule has 0 aliphatic rings. The monoisotopic (exact) mass is 439 g/mol. The Kier molecular flexibility index (Phi) is 7.32. The van der Waals surface area contributed by atoms with E-state index in [1.54, 1.807) is 32.3 Å². The zero-order chi connectivity index (χ0) is 21.8. The molecule has 0 amide bonds. The highest BCUT2D eigenvalue weighted by Gasteiger charge is 2.28. The molecule has 0 spiro atoms. The van der Waals surface area contributed by atoms with E-state index in [0.717, 1.165) is 17.4 Å². The topological polar surface area (TPSA) is 118 Å². The average Bonchev–Trinajstić information content (AvgIpc) is 2.61. The summed E-state index contributed by atoms with van der Waals surface area (Å²) in [6.07, 6.45) is 5.81. The number of halogens is 1. The van der Waals surface area contributed by atoms with Gasteiger partial charge in [-0.15, -0.1) is 0 Å². The number of fused-ring (bicyclic) bond motifs is 1. The summed E-state index contributed by atoms with van der Waals surface area (Å²) in [5.41, 5.74) is 9.01. The van der Waals surface area contributed by atoms with Gasteiger partial charge in [0.2, 0.25) is 5.88 Å². The van der Waals surface area contributed by atoms with Crippen molar-refractivity contribution in [2.24, 2.45) is 5.11 Å². The molecule has 0 aromatic carbocycles. The standard InChI is InChI=1S/C19H26ClN5O3S/c1-6-7-19(4,24-25-21)16-11-23-18(15-10-22-17(20)9-14(15)16)28-12(2)8-13(3)29(5,26)27/h9-13H,6-8H2,1-5H3/t12-,13-,19?/m1/s1. The molecule has 29 heavy (non-hydrogen) atoms. The Bertz CT molecular complexity index is 1040. The van der Waals surface area contributed by atoms with Crippen LogP contribution in [0, 0.1) is 0 Å². The van der Waals surface area contributed by atoms with Gasteiger partial charge in [0.1, 0.15) is 15.0 Å². The molecule has 158 valence electrons. The van der Waals surface area contributed by atoms with Crippen LogP contribution < -0.4 is 4.74 Å². The first kappa shape index (κ1) is 23.2. The highest BCUT2D eigenvalue weighted by Crippen LogP contribution is 2.38. The first-order valence-corrected chi connectivity index (χ1v) is 11.7. The third-order valence-corrected chi connectivity index (χ3v) is 6.85. The molecular weight excluding hydrogens is 414 g/mol. The Morgan fingerprint density at radius 3 is 2.59 bits per heavy atom. The lowest BCUT2D eigenvalue weighted by atomic mass is 9.87. The molecule has 0 aliphatic heterocycles. The zero-order valence-electron chi connectivity index (χ0n) is 17.3. The Balaban J connectivity index is 2.52. The summed E-state index contributed by atoms with van der Waals surface area (Å²) in [7, 11) is -3.15. The first-order chi connectivity index (χ1) is 13.5. The van der Waals surface area contributed by atoms with Crippen LogP contribution in [0.3, 0.4) is 0 Å². The number of aromatic nitrogens is 2. The van der Waals surface area contributed by atoms with Crippen LogP contribution in [0.4, 0.5) is 0 Å². The van der Waals surface area contributed by atoms with Crippen LogP contribution in [0.15, 0.2) is 23.6 Å². The molecular formula is C19H26ClN5O3S. The van der Waals surface area contributed by atoms with Crippen molar-refractivity contribution in [3.8, 4) is 5.88 Å². The molecule has 10 heteroatoms. The van der Waals surface area contributed by atoms with Crippen LogP contribution in [0.25, 0.3) is 21.2 Å². The number of hydrogen-bond donors (Lipinski definition) is 0. The Morgan fingerprint density at radius 1 is 1.31 bits per heavy atom. The van der Waals surface area contributed by atoms with Gasteiger partial charge in [-0.3, -0.25) is 0 Å². The summed E-state index contributed by atoms with van der Waals surface area (Å²) < 4.78 is 29.4. The van der Waals surface area contributed by atoms with Crippen molar-refractivity contribution in [1.29, 1.82) is 0 Å². The smallest absolute Gasteiger partial charge is 0.223 e. The number of pyridine rings is 2. The Labute approximate surface area is 176 Å². The predicted molar refractivity (Wildman–Crippen MR) is 115 cm³/mol. The molecule has 2 aromatic rings. The highest BCUT2D eigenvalue weighted by atomic mass is 35.5. The summed E-state index contributed by atoms with van der Waals surface area (Å²) in [4.78, 5) is 11.6. The summed E-state index contributed by atoms with van der Waals surface area (Å²) in [5, 5.41) is 5.15. The minimum atomic E-state index is -3.15. The van der Waals surface area contributed by atoms with Crippen molar-refractivity contribution in [1.82, 2.24) is 9.97 Å². The number of ether oxygens (including phenoxy) is 1. The normalized spacial score (nSPS) is 15.9. The molecule has 2 aromatic heterocycles. The van der Waals surface area contributed by atoms with E-state index in [-0.39, 0.29) is 6.10 Å². The van der Waals surface area contributed by atoms with Gasteiger partial charge in [0.15, 0.2) is 0 Å². The van der Waals surface area contributed by atoms with E-state index >= 15 is 0 Å². The van der Waals surface area contributed by atoms with Gasteiger partial charge in [-0.05, 0) is 49.7 Å². The second kappa shape index (κ2) is 9.15. The molecule has 0 saturated carbocycles. The van der Waals surface area contributed by atoms with Crippen molar-refractivity contribution in [2.45, 2.75) is 63.9 Å². The molecule has 2 rings (SSSR count). The lowest BCUT2D eigenvalue weighted by molar-refractivity contribution is 0.205. The molecule has 0 aliphatic carbocycles. The van der Waals surface area contributed by atoms with E-state index in [1.165, 1.54) is 6.26 Å². The van der Waals surface area contributed by atoms with E-state index in [4.69, 9.17) is 21.9 Å². The fraction of sp³-hybridized carbons (Fsp3) is 0.579. The van der Waals surface area contributed by atoms with Gasteiger partial charge in [0, 0.05) is 30.0 Å². The van der Waals surface area contributed by atoms with Gasteiger partial charge < -0.3 is 4.74 Å². The third-order valence-electron chi connectivity index (χ3n) is 4.99. The van der Waals surface area contributed by atoms with E-state index in [9.17, 15) is 8.42 Å².